The zero-order valence-electron chi connectivity index (χ0n) is 19.5. The minimum atomic E-state index is -0.867. The molecule has 0 bridgehead atoms. The molecule has 4 rings (SSSR count). The number of hydrogen-bond donors (Lipinski definition) is 0. The van der Waals surface area contributed by atoms with Crippen molar-refractivity contribution < 1.29 is 20.4 Å². The molecule has 0 atom stereocenters. The van der Waals surface area contributed by atoms with Crippen LogP contribution in [-0.2, 0) is 20.4 Å². The Morgan fingerprint density at radius 2 is 0.818 bits per heavy atom. The number of nitrogens with zero attached hydrogens (tertiary/aromatic N) is 1. The van der Waals surface area contributed by atoms with Crippen LogP contribution in [0.25, 0.3) is 5.59 Å². The van der Waals surface area contributed by atoms with Gasteiger partial charge in [-0.3, -0.25) is 0 Å². The number of benzene rings is 3. The van der Waals surface area contributed by atoms with Gasteiger partial charge < -0.3 is 10.5 Å². The van der Waals surface area contributed by atoms with Gasteiger partial charge in [0.2, 0.25) is 0 Å². The molecule has 3 aromatic carbocycles. The van der Waals surface area contributed by atoms with Crippen LogP contribution in [0.1, 0.15) is 0 Å². The zero-order valence-corrected chi connectivity index (χ0v) is 24.1. The van der Waals surface area contributed by atoms with Gasteiger partial charge in [-0.25, -0.2) is 0 Å². The van der Waals surface area contributed by atoms with Crippen LogP contribution in [0, 0.1) is 37.0 Å². The molecule has 0 N–H and O–H groups in total. The van der Waals surface area contributed by atoms with E-state index in [0.717, 1.165) is 0 Å². The maximum absolute atomic E-state index is 7.25. The van der Waals surface area contributed by atoms with Gasteiger partial charge in [-0.2, -0.15) is 0 Å². The first kappa shape index (κ1) is 31.3. The van der Waals surface area contributed by atoms with Crippen LogP contribution < -0.4 is 15.9 Å². The normalized spacial score (nSPS) is 11.9. The summed E-state index contributed by atoms with van der Waals surface area (Å²) < 4.78 is 0. The van der Waals surface area contributed by atoms with Crippen molar-refractivity contribution in [2.45, 2.75) is 19.6 Å². The van der Waals surface area contributed by atoms with Crippen molar-refractivity contribution in [2.24, 2.45) is 0 Å². The van der Waals surface area contributed by atoms with E-state index in [2.05, 4.69) is 123 Å². The van der Waals surface area contributed by atoms with E-state index in [1.807, 2.05) is 32.1 Å². The van der Waals surface area contributed by atoms with Crippen molar-refractivity contribution in [3.63, 3.8) is 0 Å². The van der Waals surface area contributed by atoms with Gasteiger partial charge in [0.25, 0.3) is 0 Å². The minimum absolute atomic E-state index is 0. The Bertz CT molecular complexity index is 752. The first-order chi connectivity index (χ1) is 15.5. The molecule has 1 fully saturated rings. The molecule has 1 aliphatic rings. The van der Waals surface area contributed by atoms with Crippen LogP contribution in [0.2, 0.25) is 19.6 Å². The van der Waals surface area contributed by atoms with E-state index in [9.17, 15) is 0 Å². The Hall–Kier alpha value is -1.69. The number of hydrogen-bond acceptors (Lipinski definition) is 1. The Labute approximate surface area is 217 Å². The molecule has 33 heavy (non-hydrogen) atoms. The number of rotatable bonds is 4. The molecule has 1 aliphatic carbocycles. The van der Waals surface area contributed by atoms with Crippen molar-refractivity contribution in [2.75, 3.05) is 0 Å². The quantitative estimate of drug-likeness (QED) is 0.227. The Morgan fingerprint density at radius 3 is 1.00 bits per heavy atom. The monoisotopic (exact) mass is 644 g/mol. The summed E-state index contributed by atoms with van der Waals surface area (Å²) in [5, 5.41) is 4.19. The molecule has 172 valence electrons. The molecule has 1 saturated carbocycles. The third-order valence-electron chi connectivity index (χ3n) is 4.21. The van der Waals surface area contributed by atoms with Crippen molar-refractivity contribution >= 4 is 31.9 Å². The molecular formula is C28H32NOPReSi-. The third-order valence-corrected chi connectivity index (χ3v) is 7.88. The fraction of sp³-hybridized carbons (Fsp3) is 0.107. The summed E-state index contributed by atoms with van der Waals surface area (Å²) in [6.45, 7) is 10.5. The summed E-state index contributed by atoms with van der Waals surface area (Å²) in [6.07, 6.45) is 10.0. The molecule has 0 saturated heterocycles. The second-order valence-corrected chi connectivity index (χ2v) is 15.2. The van der Waals surface area contributed by atoms with Crippen molar-refractivity contribution in [1.82, 2.24) is 0 Å². The summed E-state index contributed by atoms with van der Waals surface area (Å²) in [5.74, 6) is 0. The van der Waals surface area contributed by atoms with E-state index >= 15 is 0 Å². The predicted octanol–water partition coefficient (Wildman–Crippen LogP) is 6.84. The van der Waals surface area contributed by atoms with Crippen LogP contribution in [0.5, 0.6) is 0 Å². The van der Waals surface area contributed by atoms with Crippen molar-refractivity contribution in [1.29, 1.82) is 0 Å². The second kappa shape index (κ2) is 18.7. The first-order valence-corrected chi connectivity index (χ1v) is 15.4. The van der Waals surface area contributed by atoms with Gasteiger partial charge in [0.05, 0.1) is 8.07 Å². The first-order valence-electron chi connectivity index (χ1n) is 10.4. The van der Waals surface area contributed by atoms with Gasteiger partial charge in [-0.15, -0.1) is 12.3 Å². The minimum Gasteiger partial charge on any atom is -0.577 e. The van der Waals surface area contributed by atoms with Crippen LogP contribution in [0.3, 0.4) is 0 Å². The average molecular weight is 644 g/mol. The second-order valence-electron chi connectivity index (χ2n) is 7.87. The zero-order chi connectivity index (χ0) is 23.7. The Kier molecular flexibility index (Phi) is 17.7. The Balaban J connectivity index is 0.000000607. The Morgan fingerprint density at radius 1 is 0.606 bits per heavy atom. The van der Waals surface area contributed by atoms with Gasteiger partial charge in [0, 0.05) is 20.4 Å². The summed E-state index contributed by atoms with van der Waals surface area (Å²) in [7, 11) is -1.31. The molecule has 5 heteroatoms. The van der Waals surface area contributed by atoms with E-state index in [-0.39, 0.29) is 20.4 Å². The van der Waals surface area contributed by atoms with Crippen LogP contribution in [-0.4, -0.2) is 8.07 Å². The predicted molar refractivity (Wildman–Crippen MR) is 147 cm³/mol. The fourth-order valence-corrected chi connectivity index (χ4v) is 4.80. The number of nitroso groups, excluding NO2 is 1. The molecule has 0 spiro atoms. The summed E-state index contributed by atoms with van der Waals surface area (Å²) in [6, 6.07) is 32.3. The van der Waals surface area contributed by atoms with Crippen molar-refractivity contribution in [3.8, 4) is 0 Å². The molecule has 2 nitrogen and oxygen atoms in total. The van der Waals surface area contributed by atoms with Gasteiger partial charge in [0.15, 0.2) is 0 Å². The van der Waals surface area contributed by atoms with E-state index in [1.54, 1.807) is 0 Å². The summed E-state index contributed by atoms with van der Waals surface area (Å²) in [4.78, 5) is 7.25. The van der Waals surface area contributed by atoms with Gasteiger partial charge in [-0.05, 0) is 55.9 Å². The standard InChI is InChI=1S/C18H15P.C5H12Si.C5H5.NO.Re/c1-4-10-16(11-5-1)19(17-12-6-2-7-13-17)18-14-8-3-9-15-18;1-5-6(2,3)4;1-2-4-5-3-1;1-2;/h1-15H;5H,1H2,2-4H3;1-5H;;/q;;;-1;. The summed E-state index contributed by atoms with van der Waals surface area (Å²) in [5.41, 5.74) is 7.83. The van der Waals surface area contributed by atoms with E-state index in [4.69, 9.17) is 10.5 Å². The van der Waals surface area contributed by atoms with Gasteiger partial charge >= 0.3 is 0 Å². The SMILES string of the molecule is C=C[Si](C)(C)C.[CH]1[CH][CH][CH][CH]1.[N-]=O.[Re].c1ccc(P(c2ccccc2)c2ccccc2)cc1. The fourth-order valence-electron chi connectivity index (χ4n) is 2.50. The molecule has 0 amide bonds. The van der Waals surface area contributed by atoms with Gasteiger partial charge in [0.1, 0.15) is 0 Å². The average Bonchev–Trinajstić information content (AvgIpc) is 3.43. The molecule has 0 heterocycles. The topological polar surface area (TPSA) is 39.4 Å². The molecular weight excluding hydrogens is 612 g/mol. The van der Waals surface area contributed by atoms with E-state index in [1.165, 1.54) is 15.9 Å². The van der Waals surface area contributed by atoms with Crippen LogP contribution in [0.4, 0.5) is 0 Å². The maximum atomic E-state index is 7.25. The molecule has 0 aliphatic heterocycles. The van der Waals surface area contributed by atoms with Crippen LogP contribution >= 0.6 is 7.92 Å². The smallest absolute Gasteiger partial charge is 0.0679 e. The van der Waals surface area contributed by atoms with Gasteiger partial charge in [-0.1, -0.05) is 111 Å². The largest absolute Gasteiger partial charge is 0.577 e. The maximum Gasteiger partial charge on any atom is 0.0679 e. The molecule has 3 aromatic rings. The third kappa shape index (κ3) is 13.6. The molecule has 0 unspecified atom stereocenters. The molecule has 6 radical (unpaired) electrons. The summed E-state index contributed by atoms with van der Waals surface area (Å²) >= 11 is 0. The van der Waals surface area contributed by atoms with E-state index in [0.29, 0.717) is 0 Å². The molecule has 0 aromatic heterocycles. The van der Waals surface area contributed by atoms with Crippen LogP contribution in [0.15, 0.2) is 103 Å². The van der Waals surface area contributed by atoms with E-state index < -0.39 is 16.0 Å². The van der Waals surface area contributed by atoms with Crippen molar-refractivity contribution in [3.05, 3.63) is 146 Å².